The largest absolute Gasteiger partial charge is 0.496 e. The van der Waals surface area contributed by atoms with Gasteiger partial charge in [-0.2, -0.15) is 0 Å². The van der Waals surface area contributed by atoms with Crippen molar-refractivity contribution in [2.75, 3.05) is 7.11 Å². The third-order valence-corrected chi connectivity index (χ3v) is 14.3. The molecule has 0 saturated carbocycles. The van der Waals surface area contributed by atoms with Crippen molar-refractivity contribution in [1.29, 1.82) is 0 Å². The molecular formula is C23H16OS8. The van der Waals surface area contributed by atoms with E-state index in [0.29, 0.717) is 0 Å². The summed E-state index contributed by atoms with van der Waals surface area (Å²) in [5, 5.41) is 13.0. The highest BCUT2D eigenvalue weighted by atomic mass is 32.2. The van der Waals surface area contributed by atoms with Crippen molar-refractivity contribution in [2.24, 2.45) is 0 Å². The molecule has 0 aromatic heterocycles. The van der Waals surface area contributed by atoms with Gasteiger partial charge < -0.3 is 4.74 Å². The average Bonchev–Trinajstić information content (AvgIpc) is 3.63. The predicted molar refractivity (Wildman–Crippen MR) is 160 cm³/mol. The molecule has 5 rings (SSSR count). The van der Waals surface area contributed by atoms with Gasteiger partial charge in [0.1, 0.15) is 5.75 Å². The van der Waals surface area contributed by atoms with Crippen LogP contribution in [0.3, 0.4) is 0 Å². The third-order valence-electron chi connectivity index (χ3n) is 4.25. The molecule has 0 spiro atoms. The van der Waals surface area contributed by atoms with Crippen LogP contribution in [0.2, 0.25) is 0 Å². The topological polar surface area (TPSA) is 9.23 Å². The highest BCUT2D eigenvalue weighted by Crippen LogP contribution is 2.54. The van der Waals surface area contributed by atoms with Crippen molar-refractivity contribution in [1.82, 2.24) is 0 Å². The van der Waals surface area contributed by atoms with E-state index in [1.165, 1.54) is 26.8 Å². The Morgan fingerprint density at radius 1 is 0.625 bits per heavy atom. The SMILES string of the molecule is COc1cc(/C=C/C2=CSC(=C3SC=CS3)S2)ccc1/C=C/C1=CSC(=C2SC=CS2)S1. The van der Waals surface area contributed by atoms with Crippen LogP contribution in [0.25, 0.3) is 12.2 Å². The molecule has 1 aromatic rings. The maximum Gasteiger partial charge on any atom is 0.126 e. The second-order valence-electron chi connectivity index (χ2n) is 6.31. The Morgan fingerprint density at radius 2 is 1.19 bits per heavy atom. The average molecular weight is 565 g/mol. The molecule has 0 unspecified atom stereocenters. The molecule has 0 saturated heterocycles. The monoisotopic (exact) mass is 564 g/mol. The number of hydrogen-bond acceptors (Lipinski definition) is 9. The number of rotatable bonds is 5. The van der Waals surface area contributed by atoms with Crippen molar-refractivity contribution in [3.8, 4) is 5.75 Å². The van der Waals surface area contributed by atoms with Crippen LogP contribution < -0.4 is 4.74 Å². The van der Waals surface area contributed by atoms with E-state index in [0.717, 1.165) is 16.9 Å². The Bertz CT molecular complexity index is 1150. The summed E-state index contributed by atoms with van der Waals surface area (Å²) in [6.45, 7) is 0. The van der Waals surface area contributed by atoms with Crippen LogP contribution in [0.5, 0.6) is 5.75 Å². The van der Waals surface area contributed by atoms with Gasteiger partial charge in [0.05, 0.1) is 24.1 Å². The van der Waals surface area contributed by atoms with E-state index in [4.69, 9.17) is 4.74 Å². The molecular weight excluding hydrogens is 549 g/mol. The smallest absolute Gasteiger partial charge is 0.126 e. The Balaban J connectivity index is 1.23. The predicted octanol–water partition coefficient (Wildman–Crippen LogP) is 10.5. The van der Waals surface area contributed by atoms with Crippen LogP contribution in [0, 0.1) is 0 Å². The molecule has 9 heteroatoms. The Morgan fingerprint density at radius 3 is 1.75 bits per heavy atom. The number of methoxy groups -OCH3 is 1. The zero-order valence-electron chi connectivity index (χ0n) is 16.7. The molecule has 0 N–H and O–H groups in total. The van der Waals surface area contributed by atoms with Gasteiger partial charge in [-0.1, -0.05) is 118 Å². The molecule has 4 aliphatic heterocycles. The van der Waals surface area contributed by atoms with Crippen molar-refractivity contribution in [3.05, 3.63) is 101 Å². The van der Waals surface area contributed by atoms with E-state index < -0.39 is 0 Å². The van der Waals surface area contributed by atoms with Crippen LogP contribution in [0.1, 0.15) is 11.1 Å². The Labute approximate surface area is 222 Å². The summed E-state index contributed by atoms with van der Waals surface area (Å²) in [4.78, 5) is 2.54. The summed E-state index contributed by atoms with van der Waals surface area (Å²) in [6.07, 6.45) is 8.66. The van der Waals surface area contributed by atoms with Crippen LogP contribution in [-0.4, -0.2) is 7.11 Å². The first-order chi connectivity index (χ1) is 15.8. The lowest BCUT2D eigenvalue weighted by Gasteiger charge is -2.06. The van der Waals surface area contributed by atoms with Gasteiger partial charge in [0.15, 0.2) is 0 Å². The van der Waals surface area contributed by atoms with Crippen molar-refractivity contribution in [3.63, 3.8) is 0 Å². The van der Waals surface area contributed by atoms with Gasteiger partial charge >= 0.3 is 0 Å². The van der Waals surface area contributed by atoms with E-state index in [2.05, 4.69) is 75.0 Å². The molecule has 32 heavy (non-hydrogen) atoms. The van der Waals surface area contributed by atoms with E-state index >= 15 is 0 Å². The second kappa shape index (κ2) is 11.4. The van der Waals surface area contributed by atoms with Gasteiger partial charge in [-0.25, -0.2) is 0 Å². The molecule has 0 fully saturated rings. The summed E-state index contributed by atoms with van der Waals surface area (Å²) in [7, 11) is 1.74. The maximum atomic E-state index is 5.68. The van der Waals surface area contributed by atoms with E-state index in [-0.39, 0.29) is 0 Å². The first kappa shape index (κ1) is 23.5. The maximum absolute atomic E-state index is 5.68. The summed E-state index contributed by atoms with van der Waals surface area (Å²) < 4.78 is 11.2. The fraction of sp³-hybridized carbons (Fsp3) is 0.0435. The molecule has 0 atom stereocenters. The number of ether oxygens (including phenoxy) is 1. The number of hydrogen-bond donors (Lipinski definition) is 0. The van der Waals surface area contributed by atoms with Crippen LogP contribution in [0.4, 0.5) is 0 Å². The standard InChI is InChI=1S/C23H16OS8/c1-24-19-12-15(3-6-17-13-29-22(31-17)20-25-8-9-26-20)2-4-16(19)5-7-18-14-30-23(32-18)21-27-10-11-28-21/h2-14H,1H3/b6-3+,7-5+. The second-order valence-corrected chi connectivity index (χ2v) is 14.9. The van der Waals surface area contributed by atoms with Crippen LogP contribution in [-0.2, 0) is 0 Å². The molecule has 162 valence electrons. The minimum atomic E-state index is 0.888. The molecule has 1 nitrogen and oxygen atoms in total. The van der Waals surface area contributed by atoms with Gasteiger partial charge in [-0.15, -0.1) is 0 Å². The Hall–Kier alpha value is -0.260. The third kappa shape index (κ3) is 5.86. The minimum Gasteiger partial charge on any atom is -0.496 e. The molecule has 4 aliphatic rings. The van der Waals surface area contributed by atoms with Crippen molar-refractivity contribution in [2.45, 2.75) is 0 Å². The van der Waals surface area contributed by atoms with Crippen molar-refractivity contribution < 1.29 is 4.74 Å². The quantitative estimate of drug-likeness (QED) is 0.342. The minimum absolute atomic E-state index is 0.888. The van der Waals surface area contributed by atoms with Crippen LogP contribution in [0.15, 0.2) is 89.6 Å². The zero-order chi connectivity index (χ0) is 21.8. The first-order valence-corrected chi connectivity index (χ1v) is 16.3. The first-order valence-electron chi connectivity index (χ1n) is 9.37. The summed E-state index contributed by atoms with van der Waals surface area (Å²) in [5.74, 6) is 0.888. The molecule has 1 aromatic carbocycles. The van der Waals surface area contributed by atoms with E-state index in [1.807, 2.05) is 70.6 Å². The van der Waals surface area contributed by atoms with Crippen LogP contribution >= 0.6 is 94.1 Å². The van der Waals surface area contributed by atoms with Crippen molar-refractivity contribution >= 4 is 106 Å². The van der Waals surface area contributed by atoms with Gasteiger partial charge in [0.2, 0.25) is 0 Å². The number of thioether (sulfide) groups is 8. The Kier molecular flexibility index (Phi) is 8.40. The lowest BCUT2D eigenvalue weighted by molar-refractivity contribution is 0.414. The van der Waals surface area contributed by atoms with Gasteiger partial charge in [0.25, 0.3) is 0 Å². The molecule has 0 bridgehead atoms. The highest BCUT2D eigenvalue weighted by Gasteiger charge is 2.18. The fourth-order valence-electron chi connectivity index (χ4n) is 2.79. The zero-order valence-corrected chi connectivity index (χ0v) is 23.2. The van der Waals surface area contributed by atoms with Gasteiger partial charge in [-0.3, -0.25) is 0 Å². The molecule has 0 aliphatic carbocycles. The molecule has 0 radical (unpaired) electrons. The van der Waals surface area contributed by atoms with Gasteiger partial charge in [-0.05, 0) is 56.2 Å². The number of allylic oxidation sites excluding steroid dienone is 2. The van der Waals surface area contributed by atoms with E-state index in [1.54, 1.807) is 30.6 Å². The number of benzene rings is 1. The summed E-state index contributed by atoms with van der Waals surface area (Å²) >= 11 is 14.5. The summed E-state index contributed by atoms with van der Waals surface area (Å²) in [5.41, 5.74) is 2.22. The molecule has 0 amide bonds. The fourth-order valence-corrected chi connectivity index (χ4v) is 11.5. The highest BCUT2D eigenvalue weighted by molar-refractivity contribution is 8.34. The van der Waals surface area contributed by atoms with E-state index in [9.17, 15) is 0 Å². The molecule has 4 heterocycles. The lowest BCUT2D eigenvalue weighted by atomic mass is 10.1. The normalized spacial score (nSPS) is 20.5. The lowest BCUT2D eigenvalue weighted by Crippen LogP contribution is -1.88. The van der Waals surface area contributed by atoms with Gasteiger partial charge in [0, 0.05) is 15.4 Å². The summed E-state index contributed by atoms with van der Waals surface area (Å²) in [6, 6.07) is 6.38.